The number of thiophene rings is 1. The van der Waals surface area contributed by atoms with Crippen LogP contribution in [-0.4, -0.2) is 11.8 Å². The van der Waals surface area contributed by atoms with E-state index in [0.717, 1.165) is 23.3 Å². The van der Waals surface area contributed by atoms with Gasteiger partial charge in [0, 0.05) is 11.8 Å². The maximum absolute atomic E-state index is 11.9. The molecule has 114 valence electrons. The van der Waals surface area contributed by atoms with E-state index in [9.17, 15) is 9.59 Å². The second-order valence-corrected chi connectivity index (χ2v) is 6.79. The molecule has 3 N–H and O–H groups in total. The van der Waals surface area contributed by atoms with E-state index in [1.54, 1.807) is 0 Å². The first-order chi connectivity index (χ1) is 10.4. The largest absolute Gasteiger partial charge is 0.365 e. The molecule has 2 amide bonds. The van der Waals surface area contributed by atoms with Crippen molar-refractivity contribution in [2.24, 2.45) is 5.73 Å². The molecule has 0 radical (unpaired) electrons. The number of carbonyl (C=O) groups is 2. The summed E-state index contributed by atoms with van der Waals surface area (Å²) in [6.07, 6.45) is 1.67. The Balaban J connectivity index is 2.26. The summed E-state index contributed by atoms with van der Waals surface area (Å²) in [5.74, 6) is -0.671. The van der Waals surface area contributed by atoms with Crippen LogP contribution in [-0.2, 0) is 17.6 Å². The first-order valence-electron chi connectivity index (χ1n) is 7.22. The summed E-state index contributed by atoms with van der Waals surface area (Å²) in [6.45, 7) is 5.62. The Morgan fingerprint density at radius 2 is 1.86 bits per heavy atom. The quantitative estimate of drug-likeness (QED) is 0.893. The summed E-state index contributed by atoms with van der Waals surface area (Å²) >= 11 is 1.45. The Labute approximate surface area is 133 Å². The van der Waals surface area contributed by atoms with Gasteiger partial charge >= 0.3 is 0 Å². The van der Waals surface area contributed by atoms with Crippen molar-refractivity contribution in [3.63, 3.8) is 0 Å². The first-order valence-corrected chi connectivity index (χ1v) is 8.03. The normalized spacial score (nSPS) is 12.5. The number of hydrogen-bond donors (Lipinski definition) is 2. The predicted molar refractivity (Wildman–Crippen MR) is 89.5 cm³/mol. The van der Waals surface area contributed by atoms with E-state index < -0.39 is 5.91 Å². The van der Waals surface area contributed by atoms with Crippen LogP contribution in [0.1, 0.15) is 39.5 Å². The Bertz CT molecular complexity index is 805. The standard InChI is InChI=1S/C17H18N2O2S/c1-8-6-9(2)11-4-5-12-14(16(18)21)17(19-10(3)20)22-15(12)13(11)7-8/h6-7H,4-5H2,1-3H3,(H2,18,21)(H,19,20). The third-order valence-electron chi connectivity index (χ3n) is 4.03. The molecule has 0 fully saturated rings. The topological polar surface area (TPSA) is 72.2 Å². The van der Waals surface area contributed by atoms with Gasteiger partial charge < -0.3 is 11.1 Å². The van der Waals surface area contributed by atoms with Crippen molar-refractivity contribution in [2.75, 3.05) is 5.32 Å². The fraction of sp³-hybridized carbons (Fsp3) is 0.294. The van der Waals surface area contributed by atoms with Crippen molar-refractivity contribution in [1.82, 2.24) is 0 Å². The number of benzene rings is 1. The molecule has 4 nitrogen and oxygen atoms in total. The Morgan fingerprint density at radius 3 is 2.50 bits per heavy atom. The summed E-state index contributed by atoms with van der Waals surface area (Å²) < 4.78 is 0. The van der Waals surface area contributed by atoms with Gasteiger partial charge in [-0.05, 0) is 48.9 Å². The van der Waals surface area contributed by atoms with Crippen LogP contribution in [0.25, 0.3) is 10.4 Å². The van der Waals surface area contributed by atoms with E-state index >= 15 is 0 Å². The monoisotopic (exact) mass is 314 g/mol. The minimum absolute atomic E-state index is 0.193. The van der Waals surface area contributed by atoms with Crippen molar-refractivity contribution in [1.29, 1.82) is 0 Å². The lowest BCUT2D eigenvalue weighted by Crippen LogP contribution is -2.17. The third-order valence-corrected chi connectivity index (χ3v) is 5.21. The molecule has 0 spiro atoms. The summed E-state index contributed by atoms with van der Waals surface area (Å²) in [7, 11) is 0. The molecule has 5 heteroatoms. The lowest BCUT2D eigenvalue weighted by Gasteiger charge is -2.20. The molecule has 2 aromatic rings. The van der Waals surface area contributed by atoms with Gasteiger partial charge in [-0.15, -0.1) is 11.3 Å². The van der Waals surface area contributed by atoms with Crippen LogP contribution in [0.4, 0.5) is 5.00 Å². The van der Waals surface area contributed by atoms with Crippen LogP contribution in [0, 0.1) is 13.8 Å². The summed E-state index contributed by atoms with van der Waals surface area (Å²) in [5, 5.41) is 3.32. The van der Waals surface area contributed by atoms with Crippen LogP contribution < -0.4 is 11.1 Å². The second kappa shape index (κ2) is 5.25. The Kier molecular flexibility index (Phi) is 3.53. The highest BCUT2D eigenvalue weighted by atomic mass is 32.1. The maximum Gasteiger partial charge on any atom is 0.252 e. The van der Waals surface area contributed by atoms with E-state index in [1.165, 1.54) is 40.5 Å². The zero-order chi connectivity index (χ0) is 16.0. The van der Waals surface area contributed by atoms with E-state index in [4.69, 9.17) is 5.73 Å². The van der Waals surface area contributed by atoms with Crippen LogP contribution in [0.3, 0.4) is 0 Å². The number of hydrogen-bond acceptors (Lipinski definition) is 3. The molecule has 1 aromatic heterocycles. The van der Waals surface area contributed by atoms with E-state index in [2.05, 4.69) is 31.3 Å². The SMILES string of the molecule is CC(=O)Nc1sc2c(c1C(N)=O)CCc1c(C)cc(C)cc1-2. The van der Waals surface area contributed by atoms with Gasteiger partial charge in [-0.2, -0.15) is 0 Å². The molecular formula is C17H18N2O2S. The Hall–Kier alpha value is -2.14. The van der Waals surface area contributed by atoms with Crippen LogP contribution in [0.15, 0.2) is 12.1 Å². The number of nitrogens with two attached hydrogens (primary N) is 1. The van der Waals surface area contributed by atoms with Gasteiger partial charge in [0.25, 0.3) is 5.91 Å². The fourth-order valence-corrected chi connectivity index (χ4v) is 4.56. The Morgan fingerprint density at radius 1 is 1.18 bits per heavy atom. The molecule has 1 aliphatic rings. The smallest absolute Gasteiger partial charge is 0.252 e. The van der Waals surface area contributed by atoms with Crippen molar-refractivity contribution < 1.29 is 9.59 Å². The van der Waals surface area contributed by atoms with Gasteiger partial charge in [-0.3, -0.25) is 9.59 Å². The van der Waals surface area contributed by atoms with Gasteiger partial charge in [0.2, 0.25) is 5.91 Å². The third kappa shape index (κ3) is 2.31. The molecule has 3 rings (SSSR count). The average molecular weight is 314 g/mol. The number of fused-ring (bicyclic) bond motifs is 3. The van der Waals surface area contributed by atoms with Crippen molar-refractivity contribution in [3.8, 4) is 10.4 Å². The molecule has 0 unspecified atom stereocenters. The number of carbonyl (C=O) groups excluding carboxylic acids is 2. The van der Waals surface area contributed by atoms with E-state index in [1.807, 2.05) is 0 Å². The molecule has 0 atom stereocenters. The molecule has 1 aliphatic carbocycles. The van der Waals surface area contributed by atoms with Gasteiger partial charge in [-0.1, -0.05) is 17.7 Å². The van der Waals surface area contributed by atoms with Crippen LogP contribution in [0.2, 0.25) is 0 Å². The molecule has 1 heterocycles. The van der Waals surface area contributed by atoms with Crippen molar-refractivity contribution in [3.05, 3.63) is 39.9 Å². The molecule has 1 aromatic carbocycles. The number of primary amides is 1. The van der Waals surface area contributed by atoms with Crippen LogP contribution in [0.5, 0.6) is 0 Å². The summed E-state index contributed by atoms with van der Waals surface area (Å²) in [4.78, 5) is 24.3. The second-order valence-electron chi connectivity index (χ2n) is 5.77. The molecule has 0 saturated heterocycles. The molecule has 0 saturated carbocycles. The zero-order valence-corrected chi connectivity index (χ0v) is 13.7. The average Bonchev–Trinajstić information content (AvgIpc) is 2.75. The first kappa shape index (κ1) is 14.8. The van der Waals surface area contributed by atoms with Gasteiger partial charge in [0.15, 0.2) is 0 Å². The molecule has 0 bridgehead atoms. The van der Waals surface area contributed by atoms with Gasteiger partial charge in [0.05, 0.1) is 5.56 Å². The highest BCUT2D eigenvalue weighted by molar-refractivity contribution is 7.20. The van der Waals surface area contributed by atoms with E-state index in [0.29, 0.717) is 10.6 Å². The van der Waals surface area contributed by atoms with Gasteiger partial charge in [-0.25, -0.2) is 0 Å². The lowest BCUT2D eigenvalue weighted by atomic mass is 9.85. The molecule has 0 aliphatic heterocycles. The molecule has 22 heavy (non-hydrogen) atoms. The molecular weight excluding hydrogens is 296 g/mol. The van der Waals surface area contributed by atoms with Crippen molar-refractivity contribution in [2.45, 2.75) is 33.6 Å². The minimum atomic E-state index is -0.478. The minimum Gasteiger partial charge on any atom is -0.365 e. The highest BCUT2D eigenvalue weighted by Gasteiger charge is 2.28. The summed E-state index contributed by atoms with van der Waals surface area (Å²) in [5.41, 5.74) is 12.0. The number of rotatable bonds is 2. The summed E-state index contributed by atoms with van der Waals surface area (Å²) in [6, 6.07) is 4.33. The zero-order valence-electron chi connectivity index (χ0n) is 12.9. The van der Waals surface area contributed by atoms with E-state index in [-0.39, 0.29) is 5.91 Å². The maximum atomic E-state index is 11.9. The van der Waals surface area contributed by atoms with Gasteiger partial charge in [0.1, 0.15) is 5.00 Å². The lowest BCUT2D eigenvalue weighted by molar-refractivity contribution is -0.114. The number of aryl methyl sites for hydroxylation is 2. The highest BCUT2D eigenvalue weighted by Crippen LogP contribution is 2.46. The fourth-order valence-electron chi connectivity index (χ4n) is 3.21. The number of nitrogens with one attached hydrogen (secondary N) is 1. The number of amides is 2. The predicted octanol–water partition coefficient (Wildman–Crippen LogP) is 3.19. The number of anilines is 1. The van der Waals surface area contributed by atoms with Crippen molar-refractivity contribution >= 4 is 28.2 Å². The van der Waals surface area contributed by atoms with Crippen LogP contribution >= 0.6 is 11.3 Å².